The van der Waals surface area contributed by atoms with Gasteiger partial charge in [-0.2, -0.15) is 0 Å². The summed E-state index contributed by atoms with van der Waals surface area (Å²) >= 11 is 0. The average Bonchev–Trinajstić information content (AvgIpc) is 3.48. The number of nitrogens with one attached hydrogen (secondary N) is 2. The van der Waals surface area contributed by atoms with Gasteiger partial charge in [0, 0.05) is 44.5 Å². The van der Waals surface area contributed by atoms with Crippen molar-refractivity contribution >= 4 is 35.6 Å². The van der Waals surface area contributed by atoms with Gasteiger partial charge in [0.2, 0.25) is 0 Å². The van der Waals surface area contributed by atoms with Crippen LogP contribution in [0.3, 0.4) is 0 Å². The first-order valence-corrected chi connectivity index (χ1v) is 9.88. The number of benzene rings is 1. The van der Waals surface area contributed by atoms with Crippen molar-refractivity contribution in [2.45, 2.75) is 39.0 Å². The second kappa shape index (κ2) is 12.3. The topological polar surface area (TPSA) is 64.1 Å². The highest BCUT2D eigenvalue weighted by molar-refractivity contribution is 14.0. The van der Waals surface area contributed by atoms with Gasteiger partial charge in [-0.15, -0.1) is 24.0 Å². The molecule has 3 rings (SSSR count). The molecule has 0 radical (unpaired) electrons. The molecule has 1 saturated carbocycles. The molecule has 6 nitrogen and oxygen atoms in total. The lowest BCUT2D eigenvalue weighted by Gasteiger charge is -2.14. The fraction of sp³-hybridized carbons (Fsp3) is 0.650. The third-order valence-corrected chi connectivity index (χ3v) is 4.31. The second-order valence-electron chi connectivity index (χ2n) is 6.87. The van der Waals surface area contributed by atoms with Gasteiger partial charge < -0.3 is 24.8 Å². The maximum atomic E-state index is 5.76. The van der Waals surface area contributed by atoms with E-state index >= 15 is 0 Å². The summed E-state index contributed by atoms with van der Waals surface area (Å²) in [6.07, 6.45) is 5.57. The Morgan fingerprint density at radius 2 is 2.04 bits per heavy atom. The van der Waals surface area contributed by atoms with Crippen molar-refractivity contribution in [2.75, 3.05) is 44.8 Å². The first-order valence-electron chi connectivity index (χ1n) is 9.88. The lowest BCUT2D eigenvalue weighted by molar-refractivity contribution is 0.123. The van der Waals surface area contributed by atoms with Crippen molar-refractivity contribution in [3.63, 3.8) is 0 Å². The molecule has 0 amide bonds. The summed E-state index contributed by atoms with van der Waals surface area (Å²) < 4.78 is 17.1. The highest BCUT2D eigenvalue weighted by Crippen LogP contribution is 2.32. The third-order valence-electron chi connectivity index (χ3n) is 4.31. The van der Waals surface area contributed by atoms with Crippen molar-refractivity contribution in [3.05, 3.63) is 18.2 Å². The Balaban J connectivity index is 0.00000261. The molecule has 1 aromatic rings. The van der Waals surface area contributed by atoms with Gasteiger partial charge in [0.15, 0.2) is 17.5 Å². The van der Waals surface area contributed by atoms with Crippen LogP contribution in [0.4, 0.5) is 5.69 Å². The van der Waals surface area contributed by atoms with Gasteiger partial charge in [-0.05, 0) is 43.7 Å². The van der Waals surface area contributed by atoms with Crippen LogP contribution in [-0.4, -0.2) is 45.5 Å². The number of anilines is 1. The number of guanidine groups is 1. The smallest absolute Gasteiger partial charge is 0.195 e. The maximum absolute atomic E-state index is 5.76. The van der Waals surface area contributed by atoms with E-state index in [0.717, 1.165) is 74.6 Å². The van der Waals surface area contributed by atoms with Crippen LogP contribution in [0, 0.1) is 5.92 Å². The van der Waals surface area contributed by atoms with Crippen LogP contribution in [0.1, 0.15) is 39.0 Å². The zero-order valence-corrected chi connectivity index (χ0v) is 18.5. The van der Waals surface area contributed by atoms with Crippen LogP contribution in [0.2, 0.25) is 0 Å². The van der Waals surface area contributed by atoms with Gasteiger partial charge in [-0.25, -0.2) is 0 Å². The molecule has 2 aliphatic rings. The summed E-state index contributed by atoms with van der Waals surface area (Å²) in [5.74, 6) is 3.21. The molecule has 0 aromatic heterocycles. The quantitative estimate of drug-likeness (QED) is 0.237. The third kappa shape index (κ3) is 8.13. The molecule has 1 fully saturated rings. The normalized spacial score (nSPS) is 16.3. The zero-order valence-electron chi connectivity index (χ0n) is 16.2. The minimum Gasteiger partial charge on any atom is -0.490 e. The number of hydrogen-bond donors (Lipinski definition) is 2. The summed E-state index contributed by atoms with van der Waals surface area (Å²) in [6.45, 7) is 6.86. The van der Waals surface area contributed by atoms with Crippen molar-refractivity contribution in [1.29, 1.82) is 0 Å². The Morgan fingerprint density at radius 3 is 2.81 bits per heavy atom. The first kappa shape index (κ1) is 22.1. The largest absolute Gasteiger partial charge is 0.490 e. The molecule has 27 heavy (non-hydrogen) atoms. The van der Waals surface area contributed by atoms with Crippen molar-refractivity contribution in [1.82, 2.24) is 5.32 Å². The molecule has 1 aliphatic heterocycles. The Kier molecular flexibility index (Phi) is 10.0. The van der Waals surface area contributed by atoms with Crippen LogP contribution in [0.15, 0.2) is 23.2 Å². The van der Waals surface area contributed by atoms with Crippen LogP contribution in [0.5, 0.6) is 11.5 Å². The highest BCUT2D eigenvalue weighted by Gasteiger charge is 2.20. The summed E-state index contributed by atoms with van der Waals surface area (Å²) in [5, 5.41) is 6.75. The molecule has 152 valence electrons. The number of aliphatic imine (C=N–C) groups is 1. The van der Waals surface area contributed by atoms with Crippen LogP contribution >= 0.6 is 24.0 Å². The molecular weight excluding hydrogens is 457 g/mol. The molecule has 0 bridgehead atoms. The predicted molar refractivity (Wildman–Crippen MR) is 120 cm³/mol. The fourth-order valence-electron chi connectivity index (χ4n) is 2.66. The van der Waals surface area contributed by atoms with Gasteiger partial charge >= 0.3 is 0 Å². The maximum Gasteiger partial charge on any atom is 0.195 e. The standard InChI is InChI=1S/C20H31N3O3.HI/c1-2-9-21-20(22-10-3-11-24-15-16-5-6-16)23-17-7-8-18-19(14-17)26-13-4-12-25-18;/h7-8,14,16H,2-6,9-13,15H2,1H3,(H2,21,22,23);1H. The Bertz CT molecular complexity index is 594. The minimum atomic E-state index is 0. The minimum absolute atomic E-state index is 0. The summed E-state index contributed by atoms with van der Waals surface area (Å²) in [5.41, 5.74) is 0.946. The monoisotopic (exact) mass is 489 g/mol. The first-order chi connectivity index (χ1) is 12.8. The van der Waals surface area contributed by atoms with E-state index in [1.54, 1.807) is 0 Å². The molecule has 2 N–H and O–H groups in total. The van der Waals surface area contributed by atoms with Gasteiger partial charge in [-0.3, -0.25) is 4.99 Å². The van der Waals surface area contributed by atoms with Gasteiger partial charge in [0.05, 0.1) is 13.2 Å². The van der Waals surface area contributed by atoms with Gasteiger partial charge in [0.1, 0.15) is 0 Å². The fourth-order valence-corrected chi connectivity index (χ4v) is 2.66. The highest BCUT2D eigenvalue weighted by atomic mass is 127. The molecule has 1 aliphatic carbocycles. The Hall–Kier alpha value is -1.22. The second-order valence-corrected chi connectivity index (χ2v) is 6.87. The summed E-state index contributed by atoms with van der Waals surface area (Å²) in [7, 11) is 0. The zero-order chi connectivity index (χ0) is 18.0. The van der Waals surface area contributed by atoms with Crippen LogP contribution in [0.25, 0.3) is 0 Å². The number of halogens is 1. The lowest BCUT2D eigenvalue weighted by atomic mass is 10.2. The Labute approximate surface area is 179 Å². The number of hydrogen-bond acceptors (Lipinski definition) is 4. The van der Waals surface area contributed by atoms with E-state index < -0.39 is 0 Å². The summed E-state index contributed by atoms with van der Waals surface area (Å²) in [6, 6.07) is 5.92. The average molecular weight is 489 g/mol. The molecule has 1 heterocycles. The van der Waals surface area contributed by atoms with E-state index in [4.69, 9.17) is 14.2 Å². The van der Waals surface area contributed by atoms with Crippen molar-refractivity contribution in [3.8, 4) is 11.5 Å². The molecule has 7 heteroatoms. The van der Waals surface area contributed by atoms with E-state index in [-0.39, 0.29) is 24.0 Å². The van der Waals surface area contributed by atoms with Crippen molar-refractivity contribution < 1.29 is 14.2 Å². The Morgan fingerprint density at radius 1 is 1.22 bits per heavy atom. The number of fused-ring (bicyclic) bond motifs is 1. The van der Waals surface area contributed by atoms with Crippen LogP contribution < -0.4 is 20.1 Å². The molecule has 0 saturated heterocycles. The molecule has 0 spiro atoms. The lowest BCUT2D eigenvalue weighted by Crippen LogP contribution is -2.32. The number of ether oxygens (including phenoxy) is 3. The van der Waals surface area contributed by atoms with E-state index in [2.05, 4.69) is 22.5 Å². The van der Waals surface area contributed by atoms with E-state index in [9.17, 15) is 0 Å². The van der Waals surface area contributed by atoms with Crippen LogP contribution in [-0.2, 0) is 4.74 Å². The molecule has 0 atom stereocenters. The van der Waals surface area contributed by atoms with E-state index in [1.807, 2.05) is 18.2 Å². The molecule has 0 unspecified atom stereocenters. The predicted octanol–water partition coefficient (Wildman–Crippen LogP) is 4.05. The SMILES string of the molecule is CCCN=C(NCCCOCC1CC1)Nc1ccc2c(c1)OCCCO2.I. The van der Waals surface area contributed by atoms with Gasteiger partial charge in [0.25, 0.3) is 0 Å². The van der Waals surface area contributed by atoms with Gasteiger partial charge in [-0.1, -0.05) is 6.92 Å². The number of rotatable bonds is 9. The van der Waals surface area contributed by atoms with E-state index in [1.165, 1.54) is 12.8 Å². The molecule has 1 aromatic carbocycles. The van der Waals surface area contributed by atoms with Crippen molar-refractivity contribution in [2.24, 2.45) is 10.9 Å². The molecular formula is C20H32IN3O3. The summed E-state index contributed by atoms with van der Waals surface area (Å²) in [4.78, 5) is 4.61. The number of nitrogens with zero attached hydrogens (tertiary/aromatic N) is 1. The van der Waals surface area contributed by atoms with E-state index in [0.29, 0.717) is 13.2 Å².